The van der Waals surface area contributed by atoms with Crippen molar-refractivity contribution in [3.63, 3.8) is 0 Å². The maximum absolute atomic E-state index is 13.4. The fourth-order valence-corrected chi connectivity index (χ4v) is 2.81. The first-order valence-corrected chi connectivity index (χ1v) is 9.78. The quantitative estimate of drug-likeness (QED) is 0.406. The lowest BCUT2D eigenvalue weighted by molar-refractivity contribution is 0.311. The van der Waals surface area contributed by atoms with Crippen LogP contribution in [0.4, 0.5) is 10.1 Å². The van der Waals surface area contributed by atoms with Crippen molar-refractivity contribution in [1.29, 1.82) is 0 Å². The number of aliphatic imine (C=N–C) groups is 1. The molecule has 0 atom stereocenters. The molecular formula is C23H25FN4O3. The Kier molecular flexibility index (Phi) is 7.64. The number of pyridine rings is 1. The summed E-state index contributed by atoms with van der Waals surface area (Å²) in [7, 11) is 3.27. The molecule has 0 radical (unpaired) electrons. The number of anilines is 1. The SMILES string of the molecule is CCOc1ccc(NC(=NC)NCc2cccnc2Oc2cccc(F)c2)cc1OC. The number of halogens is 1. The van der Waals surface area contributed by atoms with Crippen LogP contribution in [-0.2, 0) is 6.54 Å². The molecule has 3 rings (SSSR count). The molecule has 0 amide bonds. The van der Waals surface area contributed by atoms with Crippen molar-refractivity contribution < 1.29 is 18.6 Å². The van der Waals surface area contributed by atoms with Gasteiger partial charge in [-0.05, 0) is 37.3 Å². The Morgan fingerprint density at radius 2 is 1.97 bits per heavy atom. The first-order chi connectivity index (χ1) is 15.1. The molecular weight excluding hydrogens is 399 g/mol. The largest absolute Gasteiger partial charge is 0.493 e. The number of hydrogen-bond acceptors (Lipinski definition) is 5. The zero-order valence-electron chi connectivity index (χ0n) is 17.7. The van der Waals surface area contributed by atoms with E-state index >= 15 is 0 Å². The van der Waals surface area contributed by atoms with E-state index in [9.17, 15) is 4.39 Å². The Balaban J connectivity index is 1.68. The van der Waals surface area contributed by atoms with E-state index in [1.807, 2.05) is 37.3 Å². The number of rotatable bonds is 8. The van der Waals surface area contributed by atoms with E-state index in [1.54, 1.807) is 32.5 Å². The lowest BCUT2D eigenvalue weighted by atomic mass is 10.2. The molecule has 1 aromatic heterocycles. The Hall–Kier alpha value is -3.81. The second kappa shape index (κ2) is 10.8. The van der Waals surface area contributed by atoms with Crippen molar-refractivity contribution in [2.24, 2.45) is 4.99 Å². The molecule has 2 aromatic carbocycles. The monoisotopic (exact) mass is 424 g/mol. The van der Waals surface area contributed by atoms with Crippen LogP contribution in [0.3, 0.4) is 0 Å². The number of hydrogen-bond donors (Lipinski definition) is 2. The number of methoxy groups -OCH3 is 1. The molecule has 8 heteroatoms. The number of nitrogens with zero attached hydrogens (tertiary/aromatic N) is 2. The Morgan fingerprint density at radius 3 is 2.71 bits per heavy atom. The van der Waals surface area contributed by atoms with Crippen LogP contribution in [0.15, 0.2) is 65.8 Å². The van der Waals surface area contributed by atoms with Crippen molar-refractivity contribution in [2.75, 3.05) is 26.1 Å². The average Bonchev–Trinajstić information content (AvgIpc) is 2.78. The molecule has 1 heterocycles. The molecule has 0 aliphatic rings. The standard InChI is InChI=1S/C23H25FN4O3/c1-4-30-20-11-10-18(14-21(20)29-3)28-23(25-2)27-15-16-7-6-12-26-22(16)31-19-9-5-8-17(24)13-19/h5-14H,4,15H2,1-3H3,(H2,25,27,28). The second-order valence-electron chi connectivity index (χ2n) is 6.38. The highest BCUT2D eigenvalue weighted by Gasteiger charge is 2.10. The minimum atomic E-state index is -0.372. The van der Waals surface area contributed by atoms with Crippen molar-refractivity contribution in [3.05, 3.63) is 72.2 Å². The van der Waals surface area contributed by atoms with E-state index in [-0.39, 0.29) is 5.82 Å². The molecule has 31 heavy (non-hydrogen) atoms. The van der Waals surface area contributed by atoms with Crippen molar-refractivity contribution in [2.45, 2.75) is 13.5 Å². The normalized spacial score (nSPS) is 11.0. The summed E-state index contributed by atoms with van der Waals surface area (Å²) in [4.78, 5) is 8.52. The molecule has 0 fully saturated rings. The van der Waals surface area contributed by atoms with Crippen LogP contribution in [0.5, 0.6) is 23.1 Å². The first kappa shape index (κ1) is 21.9. The van der Waals surface area contributed by atoms with Gasteiger partial charge in [-0.15, -0.1) is 0 Å². The van der Waals surface area contributed by atoms with Gasteiger partial charge >= 0.3 is 0 Å². The van der Waals surface area contributed by atoms with Gasteiger partial charge in [-0.1, -0.05) is 12.1 Å². The summed E-state index contributed by atoms with van der Waals surface area (Å²) in [5.41, 5.74) is 1.58. The van der Waals surface area contributed by atoms with Gasteiger partial charge in [0.25, 0.3) is 0 Å². The third kappa shape index (κ3) is 6.08. The van der Waals surface area contributed by atoms with Gasteiger partial charge in [0.15, 0.2) is 17.5 Å². The average molecular weight is 424 g/mol. The highest BCUT2D eigenvalue weighted by molar-refractivity contribution is 5.93. The molecule has 162 valence electrons. The number of aromatic nitrogens is 1. The van der Waals surface area contributed by atoms with Gasteiger partial charge in [0.05, 0.1) is 13.7 Å². The van der Waals surface area contributed by atoms with Gasteiger partial charge in [0.1, 0.15) is 11.6 Å². The van der Waals surface area contributed by atoms with Crippen molar-refractivity contribution >= 4 is 11.6 Å². The van der Waals surface area contributed by atoms with Gasteiger partial charge < -0.3 is 24.8 Å². The second-order valence-corrected chi connectivity index (χ2v) is 6.38. The van der Waals surface area contributed by atoms with Crippen LogP contribution in [0.1, 0.15) is 12.5 Å². The van der Waals surface area contributed by atoms with E-state index < -0.39 is 0 Å². The summed E-state index contributed by atoms with van der Waals surface area (Å²) < 4.78 is 30.1. The van der Waals surface area contributed by atoms with Gasteiger partial charge in [-0.25, -0.2) is 9.37 Å². The van der Waals surface area contributed by atoms with E-state index in [4.69, 9.17) is 14.2 Å². The van der Waals surface area contributed by atoms with E-state index in [1.165, 1.54) is 12.1 Å². The minimum absolute atomic E-state index is 0.372. The summed E-state index contributed by atoms with van der Waals surface area (Å²) in [6, 6.07) is 15.2. The molecule has 0 bridgehead atoms. The highest BCUT2D eigenvalue weighted by atomic mass is 19.1. The third-order valence-corrected chi connectivity index (χ3v) is 4.26. The number of guanidine groups is 1. The fourth-order valence-electron chi connectivity index (χ4n) is 2.81. The molecule has 0 saturated heterocycles. The number of ether oxygens (including phenoxy) is 3. The summed E-state index contributed by atoms with van der Waals surface area (Å²) in [6.07, 6.45) is 1.62. The molecule has 0 unspecified atom stereocenters. The predicted octanol–water partition coefficient (Wildman–Crippen LogP) is 4.61. The number of benzene rings is 2. The van der Waals surface area contributed by atoms with Crippen LogP contribution in [0.25, 0.3) is 0 Å². The minimum Gasteiger partial charge on any atom is -0.493 e. The van der Waals surface area contributed by atoms with Crippen molar-refractivity contribution in [3.8, 4) is 23.1 Å². The lowest BCUT2D eigenvalue weighted by Crippen LogP contribution is -2.30. The molecule has 7 nitrogen and oxygen atoms in total. The molecule has 0 aliphatic carbocycles. The first-order valence-electron chi connectivity index (χ1n) is 9.78. The predicted molar refractivity (Wildman–Crippen MR) is 119 cm³/mol. The zero-order chi connectivity index (χ0) is 22.1. The van der Waals surface area contributed by atoms with Crippen molar-refractivity contribution in [1.82, 2.24) is 10.3 Å². The molecule has 0 aliphatic heterocycles. The highest BCUT2D eigenvalue weighted by Crippen LogP contribution is 2.30. The van der Waals surface area contributed by atoms with Crippen LogP contribution >= 0.6 is 0 Å². The van der Waals surface area contributed by atoms with Gasteiger partial charge in [-0.2, -0.15) is 0 Å². The summed E-state index contributed by atoms with van der Waals surface area (Å²) in [5.74, 6) is 2.24. The summed E-state index contributed by atoms with van der Waals surface area (Å²) in [6.45, 7) is 2.87. The van der Waals surface area contributed by atoms with Crippen LogP contribution < -0.4 is 24.8 Å². The molecule has 0 spiro atoms. The Bertz CT molecular complexity index is 1040. The maximum atomic E-state index is 13.4. The summed E-state index contributed by atoms with van der Waals surface area (Å²) >= 11 is 0. The smallest absolute Gasteiger partial charge is 0.224 e. The van der Waals surface area contributed by atoms with E-state index in [0.29, 0.717) is 42.2 Å². The topological polar surface area (TPSA) is 77.0 Å². The maximum Gasteiger partial charge on any atom is 0.224 e. The van der Waals surface area contributed by atoms with Gasteiger partial charge in [0.2, 0.25) is 5.88 Å². The lowest BCUT2D eigenvalue weighted by Gasteiger charge is -2.15. The molecule has 3 aromatic rings. The Morgan fingerprint density at radius 1 is 1.10 bits per heavy atom. The van der Waals surface area contributed by atoms with E-state index in [2.05, 4.69) is 20.6 Å². The number of nitrogens with one attached hydrogen (secondary N) is 2. The zero-order valence-corrected chi connectivity index (χ0v) is 17.7. The van der Waals surface area contributed by atoms with Gasteiger partial charge in [-0.3, -0.25) is 4.99 Å². The van der Waals surface area contributed by atoms with Crippen LogP contribution in [-0.4, -0.2) is 31.7 Å². The molecule has 2 N–H and O–H groups in total. The van der Waals surface area contributed by atoms with Gasteiger partial charge in [0, 0.05) is 43.2 Å². The third-order valence-electron chi connectivity index (χ3n) is 4.26. The summed E-state index contributed by atoms with van der Waals surface area (Å²) in [5, 5.41) is 6.43. The van der Waals surface area contributed by atoms with Crippen LogP contribution in [0.2, 0.25) is 0 Å². The Labute approximate surface area is 180 Å². The van der Waals surface area contributed by atoms with Crippen LogP contribution in [0, 0.1) is 5.82 Å². The fraction of sp³-hybridized carbons (Fsp3) is 0.217. The molecule has 0 saturated carbocycles. The van der Waals surface area contributed by atoms with E-state index in [0.717, 1.165) is 11.3 Å².